The molecule has 6 N–H and O–H groups in total. The number of carbonyl (C=O) groups excluding carboxylic acids is 1. The Morgan fingerprint density at radius 2 is 2.25 bits per heavy atom. The van der Waals surface area contributed by atoms with Gasteiger partial charge in [0.05, 0.1) is 11.4 Å². The van der Waals surface area contributed by atoms with Crippen molar-refractivity contribution in [2.24, 2.45) is 12.8 Å². The molecule has 0 spiro atoms. The topological polar surface area (TPSA) is 214 Å². The summed E-state index contributed by atoms with van der Waals surface area (Å²) >= 11 is 2.79. The molecule has 4 heterocycles. The summed E-state index contributed by atoms with van der Waals surface area (Å²) in [4.78, 5) is 33.6. The quantitative estimate of drug-likeness (QED) is 0.108. The van der Waals surface area contributed by atoms with Gasteiger partial charge in [-0.15, -0.1) is 16.9 Å². The molecule has 2 aliphatic rings. The summed E-state index contributed by atoms with van der Waals surface area (Å²) in [5.74, 6) is -0.421. The van der Waals surface area contributed by atoms with Crippen LogP contribution in [-0.4, -0.2) is 102 Å². The van der Waals surface area contributed by atoms with Crippen LogP contribution in [0.4, 0.5) is 5.95 Å². The molecule has 4 rings (SSSR count). The molecule has 1 saturated heterocycles. The van der Waals surface area contributed by atoms with Crippen LogP contribution < -0.4 is 15.8 Å². The maximum absolute atomic E-state index is 12.9. The number of anilines is 1. The van der Waals surface area contributed by atoms with Crippen molar-refractivity contribution in [2.75, 3.05) is 35.7 Å². The highest BCUT2D eigenvalue weighted by molar-refractivity contribution is 8.01. The van der Waals surface area contributed by atoms with Crippen LogP contribution in [-0.2, 0) is 33.1 Å². The van der Waals surface area contributed by atoms with Crippen LogP contribution in [0.15, 0.2) is 22.6 Å². The fourth-order valence-electron chi connectivity index (χ4n) is 3.72. The molecule has 2 aromatic rings. The van der Waals surface area contributed by atoms with Crippen molar-refractivity contribution in [2.45, 2.75) is 29.4 Å². The number of carbonyl (C=O) groups is 2. The average Bonchev–Trinajstić information content (AvgIpc) is 3.46. The van der Waals surface area contributed by atoms with Crippen molar-refractivity contribution in [1.29, 1.82) is 0 Å². The highest BCUT2D eigenvalue weighted by Gasteiger charge is 2.53. The molecule has 0 radical (unpaired) electrons. The Bertz CT molecular complexity index is 1260. The van der Waals surface area contributed by atoms with Gasteiger partial charge in [0.15, 0.2) is 0 Å². The molecule has 0 bridgehead atoms. The van der Waals surface area contributed by atoms with Crippen molar-refractivity contribution in [3.8, 4) is 0 Å². The first-order chi connectivity index (χ1) is 17.2. The van der Waals surface area contributed by atoms with Crippen molar-refractivity contribution in [3.05, 3.63) is 23.2 Å². The lowest BCUT2D eigenvalue weighted by atomic mass is 10.0. The number of sulfonamides is 1. The van der Waals surface area contributed by atoms with E-state index in [0.29, 0.717) is 46.7 Å². The van der Waals surface area contributed by atoms with Gasteiger partial charge in [-0.3, -0.25) is 9.69 Å². The number of nitrogens with two attached hydrogens (primary N) is 1. The second kappa shape index (κ2) is 11.2. The second-order valence-electron chi connectivity index (χ2n) is 8.01. The van der Waals surface area contributed by atoms with Gasteiger partial charge in [0.1, 0.15) is 17.1 Å². The summed E-state index contributed by atoms with van der Waals surface area (Å²) < 4.78 is 27.2. The molecule has 0 saturated carbocycles. The molecule has 0 aromatic carbocycles. The largest absolute Gasteiger partial charge is 0.477 e. The smallest absolute Gasteiger partial charge is 0.352 e. The number of hydrogen-bond acceptors (Lipinski definition) is 12. The molecule has 15 nitrogen and oxygen atoms in total. The van der Waals surface area contributed by atoms with Crippen molar-refractivity contribution >= 4 is 51.4 Å². The number of thioether (sulfide) groups is 2. The number of nitrogens with one attached hydrogen (secondary N) is 3. The molecule has 0 aliphatic carbocycles. The number of β-lactam (4-membered cyclic amide) rings is 1. The number of tetrazole rings is 1. The molecule has 196 valence electrons. The minimum Gasteiger partial charge on any atom is -0.477 e. The zero-order valence-electron chi connectivity index (χ0n) is 19.2. The standard InChI is InChI=1S/C18H26N10O5S3/c1-27-18(24-25-26-27)35-9-10-8-34-15-12(14(29)28(15)13(10)16(30)31)23-17-20-7-11(22-17)3-2-5-21-36(32,33)6-4-19/h7,12,15,21H,2-6,8-9,19H2,1H3,(H,30,31)(H2,20,22,23)/t12?,15-/m0/s1. The Balaban J connectivity index is 1.33. The number of rotatable bonds is 13. The predicted octanol–water partition coefficient (Wildman–Crippen LogP) is -1.43. The highest BCUT2D eigenvalue weighted by atomic mass is 32.2. The van der Waals surface area contributed by atoms with Gasteiger partial charge in [0.25, 0.3) is 5.91 Å². The number of nitrogens with zero attached hydrogens (tertiary/aromatic N) is 6. The van der Waals surface area contributed by atoms with Gasteiger partial charge < -0.3 is 21.1 Å². The number of aliphatic carboxylic acids is 1. The SMILES string of the molecule is Cn1nnnc1SCC1=C(C(=O)O)N2C(=O)C(Nc3nc(CCCNS(=O)(=O)CCN)c[nH]3)[C@@H]2SC1. The lowest BCUT2D eigenvalue weighted by Crippen LogP contribution is -2.67. The fourth-order valence-corrected chi connectivity index (χ4v) is 6.97. The van der Waals surface area contributed by atoms with E-state index < -0.39 is 22.0 Å². The summed E-state index contributed by atoms with van der Waals surface area (Å²) in [6.07, 6.45) is 2.76. The molecule has 1 amide bonds. The number of fused-ring (bicyclic) bond motifs is 1. The van der Waals surface area contributed by atoms with Crippen LogP contribution in [0.2, 0.25) is 0 Å². The van der Waals surface area contributed by atoms with Crippen LogP contribution in [0.3, 0.4) is 0 Å². The van der Waals surface area contributed by atoms with Crippen LogP contribution in [0.1, 0.15) is 12.1 Å². The maximum Gasteiger partial charge on any atom is 0.352 e. The van der Waals surface area contributed by atoms with Gasteiger partial charge >= 0.3 is 5.97 Å². The van der Waals surface area contributed by atoms with Crippen molar-refractivity contribution < 1.29 is 23.1 Å². The summed E-state index contributed by atoms with van der Waals surface area (Å²) in [5.41, 5.74) is 6.62. The van der Waals surface area contributed by atoms with E-state index in [1.807, 2.05) is 0 Å². The molecule has 1 fully saturated rings. The number of imidazole rings is 1. The van der Waals surface area contributed by atoms with Gasteiger partial charge in [-0.2, -0.15) is 0 Å². The third-order valence-electron chi connectivity index (χ3n) is 5.45. The van der Waals surface area contributed by atoms with E-state index in [2.05, 4.69) is 35.5 Å². The number of aryl methyl sites for hydroxylation is 2. The number of aromatic amines is 1. The predicted molar refractivity (Wildman–Crippen MR) is 132 cm³/mol. The third kappa shape index (κ3) is 5.83. The number of aromatic nitrogens is 6. The molecule has 18 heteroatoms. The van der Waals surface area contributed by atoms with Gasteiger partial charge in [-0.05, 0) is 28.8 Å². The lowest BCUT2D eigenvalue weighted by Gasteiger charge is -2.49. The molecular weight excluding hydrogens is 532 g/mol. The van der Waals surface area contributed by atoms with E-state index in [9.17, 15) is 23.1 Å². The zero-order valence-corrected chi connectivity index (χ0v) is 21.7. The Morgan fingerprint density at radius 1 is 1.44 bits per heavy atom. The molecular formula is C18H26N10O5S3. The van der Waals surface area contributed by atoms with Gasteiger partial charge in [-0.1, -0.05) is 11.8 Å². The number of carboxylic acids is 1. The van der Waals surface area contributed by atoms with Crippen molar-refractivity contribution in [1.82, 2.24) is 39.8 Å². The van der Waals surface area contributed by atoms with E-state index >= 15 is 0 Å². The molecule has 2 aromatic heterocycles. The molecule has 36 heavy (non-hydrogen) atoms. The van der Waals surface area contributed by atoms with E-state index in [1.165, 1.54) is 33.1 Å². The minimum atomic E-state index is -3.36. The second-order valence-corrected chi connectivity index (χ2v) is 12.0. The number of carboxylic acid groups (broad SMARTS) is 1. The molecule has 2 aliphatic heterocycles. The van der Waals surface area contributed by atoms with Crippen LogP contribution in [0.25, 0.3) is 0 Å². The number of amides is 1. The summed E-state index contributed by atoms with van der Waals surface area (Å²) in [5, 5.41) is 24.3. The Hall–Kier alpha value is -2.67. The Kier molecular flexibility index (Phi) is 8.18. The van der Waals surface area contributed by atoms with Gasteiger partial charge in [-0.25, -0.2) is 27.6 Å². The molecule has 1 unspecified atom stereocenters. The molecule has 2 atom stereocenters. The summed E-state index contributed by atoms with van der Waals surface area (Å²) in [6, 6.07) is -0.622. The average molecular weight is 559 g/mol. The van der Waals surface area contributed by atoms with E-state index in [4.69, 9.17) is 5.73 Å². The maximum atomic E-state index is 12.9. The minimum absolute atomic E-state index is 0.00153. The van der Waals surface area contributed by atoms with Crippen molar-refractivity contribution in [3.63, 3.8) is 0 Å². The number of H-pyrrole nitrogens is 1. The zero-order chi connectivity index (χ0) is 25.9. The third-order valence-corrected chi connectivity index (χ3v) is 9.30. The Morgan fingerprint density at radius 3 is 2.94 bits per heavy atom. The number of hydrogen-bond donors (Lipinski definition) is 5. The first-order valence-electron chi connectivity index (χ1n) is 10.9. The highest BCUT2D eigenvalue weighted by Crippen LogP contribution is 2.42. The van der Waals surface area contributed by atoms with Gasteiger partial charge in [0, 0.05) is 37.8 Å². The Labute approximate surface area is 215 Å². The van der Waals surface area contributed by atoms with Crippen LogP contribution >= 0.6 is 23.5 Å². The normalized spacial score (nSPS) is 19.8. The fraction of sp³-hybridized carbons (Fsp3) is 0.556. The summed E-state index contributed by atoms with van der Waals surface area (Å²) in [7, 11) is -1.66. The van der Waals surface area contributed by atoms with E-state index in [-0.39, 0.29) is 35.8 Å². The van der Waals surface area contributed by atoms with E-state index in [0.717, 1.165) is 0 Å². The first-order valence-corrected chi connectivity index (χ1v) is 14.6. The summed E-state index contributed by atoms with van der Waals surface area (Å²) in [6.45, 7) is 0.329. The van der Waals surface area contributed by atoms with E-state index in [1.54, 1.807) is 13.2 Å². The first kappa shape index (κ1) is 26.4. The lowest BCUT2D eigenvalue weighted by molar-refractivity contribution is -0.147. The monoisotopic (exact) mass is 558 g/mol. The van der Waals surface area contributed by atoms with Crippen LogP contribution in [0.5, 0.6) is 0 Å². The van der Waals surface area contributed by atoms with Gasteiger partial charge in [0.2, 0.25) is 21.1 Å². The van der Waals surface area contributed by atoms with Crippen LogP contribution in [0, 0.1) is 0 Å².